The fraction of sp³-hybridized carbons (Fsp3) is 0.727. The Bertz CT molecular complexity index is 112. The summed E-state index contributed by atoms with van der Waals surface area (Å²) in [6.45, 7) is 5.54. The lowest BCUT2D eigenvalue weighted by molar-refractivity contribution is -0.111. The predicted octanol–water partition coefficient (Wildman–Crippen LogP) is 3.35. The Morgan fingerprint density at radius 3 is 2.08 bits per heavy atom. The van der Waals surface area contributed by atoms with Gasteiger partial charge in [0.1, 0.15) is 6.29 Å². The van der Waals surface area contributed by atoms with Gasteiger partial charge in [0.05, 0.1) is 0 Å². The molecule has 1 nitrogen and oxygen atoms in total. The van der Waals surface area contributed by atoms with E-state index in [4.69, 9.17) is 0 Å². The number of allylic oxidation sites excluding steroid dienone is 1. The first-order valence-corrected chi connectivity index (χ1v) is 4.91. The molecule has 1 aliphatic rings. The van der Waals surface area contributed by atoms with E-state index >= 15 is 0 Å². The van der Waals surface area contributed by atoms with Crippen molar-refractivity contribution in [3.8, 4) is 0 Å². The first-order valence-electron chi connectivity index (χ1n) is 4.91. The molecule has 0 heterocycles. The molecular formula is C11H20O. The van der Waals surface area contributed by atoms with Gasteiger partial charge in [-0.15, -0.1) is 6.58 Å². The highest BCUT2D eigenvalue weighted by Gasteiger charge is 2.10. The van der Waals surface area contributed by atoms with E-state index in [1.165, 1.54) is 19.3 Å². The van der Waals surface area contributed by atoms with E-state index in [2.05, 4.69) is 13.5 Å². The van der Waals surface area contributed by atoms with Crippen LogP contribution in [0.2, 0.25) is 0 Å². The fourth-order valence-electron chi connectivity index (χ4n) is 1.27. The number of hydrogen-bond donors (Lipinski definition) is 0. The molecular weight excluding hydrogens is 148 g/mol. The molecule has 0 aromatic heterocycles. The summed E-state index contributed by atoms with van der Waals surface area (Å²) < 4.78 is 0. The van der Waals surface area contributed by atoms with Crippen molar-refractivity contribution in [1.29, 1.82) is 0 Å². The maximum absolute atomic E-state index is 10.2. The number of carbonyl (C=O) groups is 1. The summed E-state index contributed by atoms with van der Waals surface area (Å²) in [5, 5.41) is 0. The summed E-state index contributed by atoms with van der Waals surface area (Å²) >= 11 is 0. The normalized spacial score (nSPS) is 17.4. The van der Waals surface area contributed by atoms with Crippen molar-refractivity contribution in [2.24, 2.45) is 5.92 Å². The molecule has 1 fully saturated rings. The summed E-state index contributed by atoms with van der Waals surface area (Å²) in [5.41, 5.74) is 0. The summed E-state index contributed by atoms with van der Waals surface area (Å²) in [7, 11) is 0. The van der Waals surface area contributed by atoms with E-state index in [1.54, 1.807) is 0 Å². The van der Waals surface area contributed by atoms with Crippen molar-refractivity contribution >= 4 is 6.29 Å². The van der Waals surface area contributed by atoms with Crippen LogP contribution in [-0.4, -0.2) is 6.29 Å². The molecule has 1 rings (SSSR count). The highest BCUT2D eigenvalue weighted by atomic mass is 16.1. The standard InChI is InChI=1S/C7H12O.C4H8/c8-6-7-4-2-1-3-5-7;1-3-4-2/h6-7H,1-5H2;3H,1,4H2,2H3. The van der Waals surface area contributed by atoms with Crippen molar-refractivity contribution in [2.45, 2.75) is 45.4 Å². The molecule has 0 aromatic carbocycles. The molecule has 0 atom stereocenters. The van der Waals surface area contributed by atoms with Gasteiger partial charge in [0, 0.05) is 5.92 Å². The van der Waals surface area contributed by atoms with Crippen LogP contribution >= 0.6 is 0 Å². The molecule has 0 amide bonds. The molecule has 0 saturated heterocycles. The number of rotatable bonds is 2. The van der Waals surface area contributed by atoms with Crippen molar-refractivity contribution < 1.29 is 4.79 Å². The molecule has 1 saturated carbocycles. The number of hydrogen-bond acceptors (Lipinski definition) is 1. The van der Waals surface area contributed by atoms with Crippen LogP contribution in [0.3, 0.4) is 0 Å². The van der Waals surface area contributed by atoms with E-state index in [9.17, 15) is 4.79 Å². The lowest BCUT2D eigenvalue weighted by Gasteiger charge is -2.14. The van der Waals surface area contributed by atoms with Gasteiger partial charge in [-0.05, 0) is 19.3 Å². The van der Waals surface area contributed by atoms with E-state index in [0.717, 1.165) is 25.5 Å². The molecule has 0 aromatic rings. The number of carbonyl (C=O) groups excluding carboxylic acids is 1. The Morgan fingerprint density at radius 2 is 1.83 bits per heavy atom. The largest absolute Gasteiger partial charge is 0.303 e. The molecule has 0 spiro atoms. The van der Waals surface area contributed by atoms with Crippen LogP contribution in [0.25, 0.3) is 0 Å². The predicted molar refractivity (Wildman–Crippen MR) is 53.1 cm³/mol. The Balaban J connectivity index is 0.000000261. The maximum Gasteiger partial charge on any atom is 0.123 e. The van der Waals surface area contributed by atoms with Gasteiger partial charge in [0.15, 0.2) is 0 Å². The van der Waals surface area contributed by atoms with Gasteiger partial charge in [0.2, 0.25) is 0 Å². The highest BCUT2D eigenvalue weighted by Crippen LogP contribution is 2.21. The molecule has 12 heavy (non-hydrogen) atoms. The summed E-state index contributed by atoms with van der Waals surface area (Å²) in [6.07, 6.45) is 10.2. The molecule has 1 heteroatoms. The minimum atomic E-state index is 0.406. The molecule has 70 valence electrons. The van der Waals surface area contributed by atoms with Crippen LogP contribution in [0.5, 0.6) is 0 Å². The van der Waals surface area contributed by atoms with Crippen LogP contribution in [0.1, 0.15) is 45.4 Å². The van der Waals surface area contributed by atoms with Gasteiger partial charge in [-0.25, -0.2) is 0 Å². The second kappa shape index (κ2) is 8.51. The zero-order valence-corrected chi connectivity index (χ0v) is 8.09. The minimum Gasteiger partial charge on any atom is -0.303 e. The fourth-order valence-corrected chi connectivity index (χ4v) is 1.27. The van der Waals surface area contributed by atoms with E-state index < -0.39 is 0 Å². The minimum absolute atomic E-state index is 0.406. The van der Waals surface area contributed by atoms with Gasteiger partial charge >= 0.3 is 0 Å². The monoisotopic (exact) mass is 168 g/mol. The van der Waals surface area contributed by atoms with Crippen LogP contribution in [0.4, 0.5) is 0 Å². The van der Waals surface area contributed by atoms with E-state index in [0.29, 0.717) is 5.92 Å². The first-order chi connectivity index (χ1) is 5.85. The van der Waals surface area contributed by atoms with Crippen molar-refractivity contribution in [3.05, 3.63) is 12.7 Å². The van der Waals surface area contributed by atoms with Crippen molar-refractivity contribution in [1.82, 2.24) is 0 Å². The van der Waals surface area contributed by atoms with E-state index in [-0.39, 0.29) is 0 Å². The van der Waals surface area contributed by atoms with Gasteiger partial charge in [0.25, 0.3) is 0 Å². The Labute approximate surface area is 75.9 Å². The quantitative estimate of drug-likeness (QED) is 0.456. The first kappa shape index (κ1) is 11.4. The molecule has 0 unspecified atom stereocenters. The lowest BCUT2D eigenvalue weighted by atomic mass is 9.91. The Kier molecular flexibility index (Phi) is 8.09. The summed E-state index contributed by atoms with van der Waals surface area (Å²) in [6, 6.07) is 0. The third-order valence-corrected chi connectivity index (χ3v) is 2.13. The van der Waals surface area contributed by atoms with Crippen LogP contribution in [0, 0.1) is 5.92 Å². The highest BCUT2D eigenvalue weighted by molar-refractivity contribution is 5.53. The van der Waals surface area contributed by atoms with Crippen LogP contribution < -0.4 is 0 Å². The third-order valence-electron chi connectivity index (χ3n) is 2.13. The summed E-state index contributed by atoms with van der Waals surface area (Å²) in [4.78, 5) is 10.2. The molecule has 0 N–H and O–H groups in total. The zero-order chi connectivity index (χ0) is 9.23. The second-order valence-corrected chi connectivity index (χ2v) is 3.23. The van der Waals surface area contributed by atoms with Crippen LogP contribution in [-0.2, 0) is 4.79 Å². The Morgan fingerprint density at radius 1 is 1.33 bits per heavy atom. The van der Waals surface area contributed by atoms with Gasteiger partial charge < -0.3 is 4.79 Å². The van der Waals surface area contributed by atoms with Gasteiger partial charge in [-0.2, -0.15) is 0 Å². The molecule has 1 aliphatic carbocycles. The second-order valence-electron chi connectivity index (χ2n) is 3.23. The zero-order valence-electron chi connectivity index (χ0n) is 8.09. The van der Waals surface area contributed by atoms with Gasteiger partial charge in [-0.3, -0.25) is 0 Å². The molecule has 0 aliphatic heterocycles. The number of aldehydes is 1. The van der Waals surface area contributed by atoms with Crippen LogP contribution in [0.15, 0.2) is 12.7 Å². The SMILES string of the molecule is C=CCC.O=CC1CCCCC1. The smallest absolute Gasteiger partial charge is 0.123 e. The molecule has 0 radical (unpaired) electrons. The third kappa shape index (κ3) is 6.14. The maximum atomic E-state index is 10.2. The lowest BCUT2D eigenvalue weighted by Crippen LogP contribution is -2.06. The molecule has 0 bridgehead atoms. The topological polar surface area (TPSA) is 17.1 Å². The van der Waals surface area contributed by atoms with E-state index in [1.807, 2.05) is 6.08 Å². The average molecular weight is 168 g/mol. The van der Waals surface area contributed by atoms with Crippen molar-refractivity contribution in [2.75, 3.05) is 0 Å². The Hall–Kier alpha value is -0.590. The van der Waals surface area contributed by atoms with Gasteiger partial charge in [-0.1, -0.05) is 32.3 Å². The average Bonchev–Trinajstić information content (AvgIpc) is 2.19. The van der Waals surface area contributed by atoms with Crippen molar-refractivity contribution in [3.63, 3.8) is 0 Å². The summed E-state index contributed by atoms with van der Waals surface area (Å²) in [5.74, 6) is 0.406.